The minimum absolute atomic E-state index is 0.121. The summed E-state index contributed by atoms with van der Waals surface area (Å²) in [6.45, 7) is 0.184. The number of allylic oxidation sites excluding steroid dienone is 1. The predicted molar refractivity (Wildman–Crippen MR) is 104 cm³/mol. The number of ether oxygens (including phenoxy) is 3. The fourth-order valence-corrected chi connectivity index (χ4v) is 4.21. The van der Waals surface area contributed by atoms with Crippen LogP contribution in [0, 0.1) is 11.3 Å². The maximum atomic E-state index is 9.78. The van der Waals surface area contributed by atoms with Crippen LogP contribution < -0.4 is 19.9 Å². The molecule has 2 heterocycles. The average molecular weight is 421 g/mol. The first-order valence-corrected chi connectivity index (χ1v) is 9.15. The SMILES string of the molecule is N#CC1=C(N)Oc2c(ccc3ccccc23)C1c1cc2c(cc1Br)OCO2. The topological polar surface area (TPSA) is 77.5 Å². The lowest BCUT2D eigenvalue weighted by Gasteiger charge is -2.28. The van der Waals surface area contributed by atoms with Crippen molar-refractivity contribution in [3.05, 3.63) is 75.6 Å². The zero-order valence-corrected chi connectivity index (χ0v) is 15.6. The van der Waals surface area contributed by atoms with E-state index in [1.54, 1.807) is 0 Å². The van der Waals surface area contributed by atoms with Crippen LogP contribution in [0.3, 0.4) is 0 Å². The van der Waals surface area contributed by atoms with Gasteiger partial charge in [0.1, 0.15) is 17.4 Å². The molecule has 2 N–H and O–H groups in total. The lowest BCUT2D eigenvalue weighted by molar-refractivity contribution is 0.174. The van der Waals surface area contributed by atoms with E-state index < -0.39 is 0 Å². The Hall–Kier alpha value is -3.17. The van der Waals surface area contributed by atoms with Gasteiger partial charge in [-0.2, -0.15) is 5.26 Å². The third-order valence-corrected chi connectivity index (χ3v) is 5.60. The summed E-state index contributed by atoms with van der Waals surface area (Å²) in [5.74, 6) is 1.76. The highest BCUT2D eigenvalue weighted by Crippen LogP contribution is 2.49. The number of hydrogen-bond acceptors (Lipinski definition) is 5. The van der Waals surface area contributed by atoms with E-state index in [0.717, 1.165) is 26.4 Å². The van der Waals surface area contributed by atoms with E-state index in [2.05, 4.69) is 22.0 Å². The molecular formula is C21H13BrN2O3. The van der Waals surface area contributed by atoms with E-state index in [-0.39, 0.29) is 18.6 Å². The molecule has 0 fully saturated rings. The minimum atomic E-state index is -0.368. The van der Waals surface area contributed by atoms with Gasteiger partial charge in [0.15, 0.2) is 11.5 Å². The van der Waals surface area contributed by atoms with Gasteiger partial charge in [0.25, 0.3) is 0 Å². The standard InChI is InChI=1S/C21H13BrN2O3/c22-16-8-18-17(25-10-26-18)7-14(16)19-13-6-5-11-3-1-2-4-12(11)20(13)27-21(24)15(19)9-23/h1-8,19H,10,24H2. The van der Waals surface area contributed by atoms with Gasteiger partial charge in [-0.05, 0) is 23.1 Å². The van der Waals surface area contributed by atoms with Gasteiger partial charge in [0.2, 0.25) is 12.7 Å². The molecule has 2 aliphatic rings. The van der Waals surface area contributed by atoms with Gasteiger partial charge >= 0.3 is 0 Å². The quantitative estimate of drug-likeness (QED) is 0.624. The summed E-state index contributed by atoms with van der Waals surface area (Å²) in [5.41, 5.74) is 8.28. The first-order valence-electron chi connectivity index (χ1n) is 8.35. The Bertz CT molecular complexity index is 1180. The molecule has 3 aromatic carbocycles. The molecule has 0 saturated carbocycles. The number of hydrogen-bond donors (Lipinski definition) is 1. The van der Waals surface area contributed by atoms with Crippen molar-refractivity contribution in [2.75, 3.05) is 6.79 Å². The molecule has 0 saturated heterocycles. The van der Waals surface area contributed by atoms with Gasteiger partial charge in [-0.3, -0.25) is 0 Å². The van der Waals surface area contributed by atoms with Crippen molar-refractivity contribution in [2.45, 2.75) is 5.92 Å². The van der Waals surface area contributed by atoms with Gasteiger partial charge in [-0.15, -0.1) is 0 Å². The number of nitrogens with two attached hydrogens (primary N) is 1. The molecule has 3 aromatic rings. The number of nitrogens with zero attached hydrogens (tertiary/aromatic N) is 1. The second kappa shape index (κ2) is 5.93. The third kappa shape index (κ3) is 2.36. The van der Waals surface area contributed by atoms with E-state index in [4.69, 9.17) is 19.9 Å². The molecule has 0 spiro atoms. The first-order chi connectivity index (χ1) is 13.2. The van der Waals surface area contributed by atoms with Crippen LogP contribution in [0.5, 0.6) is 17.2 Å². The van der Waals surface area contributed by atoms with E-state index in [9.17, 15) is 5.26 Å². The van der Waals surface area contributed by atoms with Crippen LogP contribution in [0.2, 0.25) is 0 Å². The second-order valence-electron chi connectivity index (χ2n) is 6.36. The Morgan fingerprint density at radius 2 is 1.81 bits per heavy atom. The van der Waals surface area contributed by atoms with Crippen molar-refractivity contribution in [3.63, 3.8) is 0 Å². The fraction of sp³-hybridized carbons (Fsp3) is 0.0952. The number of nitriles is 1. The van der Waals surface area contributed by atoms with Gasteiger partial charge in [0, 0.05) is 15.4 Å². The number of halogens is 1. The molecule has 27 heavy (non-hydrogen) atoms. The highest BCUT2D eigenvalue weighted by Gasteiger charge is 2.34. The average Bonchev–Trinajstić information content (AvgIpc) is 3.13. The summed E-state index contributed by atoms with van der Waals surface area (Å²) in [7, 11) is 0. The molecule has 0 radical (unpaired) electrons. The lowest BCUT2D eigenvalue weighted by Crippen LogP contribution is -2.21. The summed E-state index contributed by atoms with van der Waals surface area (Å²) in [6.07, 6.45) is 0. The molecule has 0 amide bonds. The molecule has 132 valence electrons. The van der Waals surface area contributed by atoms with Crippen LogP contribution in [0.4, 0.5) is 0 Å². The van der Waals surface area contributed by atoms with E-state index in [1.807, 2.05) is 48.5 Å². The summed E-state index contributed by atoms with van der Waals surface area (Å²) >= 11 is 3.61. The largest absolute Gasteiger partial charge is 0.454 e. The summed E-state index contributed by atoms with van der Waals surface area (Å²) < 4.78 is 17.7. The van der Waals surface area contributed by atoms with Crippen LogP contribution in [0.25, 0.3) is 10.8 Å². The molecule has 5 rings (SSSR count). The highest BCUT2D eigenvalue weighted by atomic mass is 79.9. The van der Waals surface area contributed by atoms with Crippen LogP contribution in [-0.4, -0.2) is 6.79 Å². The molecule has 2 aliphatic heterocycles. The maximum Gasteiger partial charge on any atom is 0.231 e. The summed E-state index contributed by atoms with van der Waals surface area (Å²) in [6, 6.07) is 17.9. The maximum absolute atomic E-state index is 9.78. The number of rotatable bonds is 1. The van der Waals surface area contributed by atoms with Crippen molar-refractivity contribution in [1.29, 1.82) is 5.26 Å². The molecule has 1 atom stereocenters. The highest BCUT2D eigenvalue weighted by molar-refractivity contribution is 9.10. The number of fused-ring (bicyclic) bond motifs is 4. The molecule has 0 bridgehead atoms. The van der Waals surface area contributed by atoms with E-state index in [0.29, 0.717) is 22.8 Å². The van der Waals surface area contributed by atoms with Crippen LogP contribution in [0.1, 0.15) is 17.0 Å². The van der Waals surface area contributed by atoms with E-state index in [1.165, 1.54) is 0 Å². The molecule has 0 aromatic heterocycles. The van der Waals surface area contributed by atoms with Gasteiger partial charge < -0.3 is 19.9 Å². The van der Waals surface area contributed by atoms with Gasteiger partial charge in [0.05, 0.1) is 5.92 Å². The van der Waals surface area contributed by atoms with Crippen molar-refractivity contribution in [1.82, 2.24) is 0 Å². The Morgan fingerprint density at radius 3 is 2.63 bits per heavy atom. The van der Waals surface area contributed by atoms with Crippen molar-refractivity contribution >= 4 is 26.7 Å². The third-order valence-electron chi connectivity index (χ3n) is 4.91. The van der Waals surface area contributed by atoms with E-state index >= 15 is 0 Å². The number of benzene rings is 3. The zero-order valence-electron chi connectivity index (χ0n) is 14.0. The molecule has 1 unspecified atom stereocenters. The van der Waals surface area contributed by atoms with Crippen LogP contribution in [-0.2, 0) is 0 Å². The normalized spacial score (nSPS) is 17.4. The monoisotopic (exact) mass is 420 g/mol. The lowest BCUT2D eigenvalue weighted by atomic mass is 9.82. The Balaban J connectivity index is 1.80. The van der Waals surface area contributed by atoms with Crippen LogP contribution >= 0.6 is 15.9 Å². The smallest absolute Gasteiger partial charge is 0.231 e. The molecule has 0 aliphatic carbocycles. The molecular weight excluding hydrogens is 408 g/mol. The Labute approximate surface area is 163 Å². The minimum Gasteiger partial charge on any atom is -0.454 e. The summed E-state index contributed by atoms with van der Waals surface area (Å²) in [4.78, 5) is 0. The van der Waals surface area contributed by atoms with Gasteiger partial charge in [-0.25, -0.2) is 0 Å². The van der Waals surface area contributed by atoms with Crippen molar-refractivity contribution in [2.24, 2.45) is 5.73 Å². The zero-order chi connectivity index (χ0) is 18.5. The predicted octanol–water partition coefficient (Wildman–Crippen LogP) is 4.55. The summed E-state index contributed by atoms with van der Waals surface area (Å²) in [5, 5.41) is 11.8. The first kappa shape index (κ1) is 16.0. The van der Waals surface area contributed by atoms with Crippen molar-refractivity contribution < 1.29 is 14.2 Å². The molecule has 5 nitrogen and oxygen atoms in total. The van der Waals surface area contributed by atoms with Gasteiger partial charge in [-0.1, -0.05) is 52.3 Å². The molecule has 6 heteroatoms. The van der Waals surface area contributed by atoms with Crippen molar-refractivity contribution in [3.8, 4) is 23.3 Å². The van der Waals surface area contributed by atoms with Crippen LogP contribution in [0.15, 0.2) is 64.5 Å². The fourth-order valence-electron chi connectivity index (χ4n) is 3.66. The second-order valence-corrected chi connectivity index (χ2v) is 7.21. The Morgan fingerprint density at radius 1 is 1.04 bits per heavy atom. The Kier molecular flexibility index (Phi) is 3.52.